The van der Waals surface area contributed by atoms with Crippen molar-refractivity contribution >= 4 is 112 Å². The first kappa shape index (κ1) is 39.2. The molecule has 0 bridgehead atoms. The van der Waals surface area contributed by atoms with Crippen LogP contribution in [0.25, 0.3) is 20.4 Å². The van der Waals surface area contributed by atoms with Crippen molar-refractivity contribution in [3.63, 3.8) is 0 Å². The lowest BCUT2D eigenvalue weighted by Gasteiger charge is -2.35. The number of carboxylic acids is 1. The molecule has 306 valence electrons. The first-order valence-electron chi connectivity index (χ1n) is 20.1. The van der Waals surface area contributed by atoms with Gasteiger partial charge in [-0.2, -0.15) is 0 Å². The van der Waals surface area contributed by atoms with Gasteiger partial charge in [0.15, 0.2) is 10.2 Å². The van der Waals surface area contributed by atoms with E-state index in [1.54, 1.807) is 29.0 Å². The van der Waals surface area contributed by atoms with E-state index in [1.807, 2.05) is 41.3 Å². The Morgan fingerprint density at radius 3 is 1.72 bits per heavy atom. The zero-order valence-electron chi connectivity index (χ0n) is 32.7. The van der Waals surface area contributed by atoms with Gasteiger partial charge in [-0.05, 0) is 92.1 Å². The fourth-order valence-electron chi connectivity index (χ4n) is 8.77. The maximum Gasteiger partial charge on any atom is 0.306 e. The number of piperazine rings is 1. The topological polar surface area (TPSA) is 171 Å². The number of fused-ring (bicyclic) bond motifs is 8. The van der Waals surface area contributed by atoms with Gasteiger partial charge < -0.3 is 25.5 Å². The predicted octanol–water partition coefficient (Wildman–Crippen LogP) is 7.29. The van der Waals surface area contributed by atoms with Crippen LogP contribution in [0.15, 0.2) is 58.8 Å². The van der Waals surface area contributed by atoms with Crippen LogP contribution >= 0.6 is 46.2 Å². The molecule has 0 radical (unpaired) electrons. The molecule has 7 heterocycles. The van der Waals surface area contributed by atoms with Crippen LogP contribution in [0.4, 0.5) is 23.0 Å². The SMILES string of the molecule is CN1CCN(C(=O)C2CCc3c(sc4ncnc(Nc5ccc6c(c5)SC(=O)C6)c34)C2)CC1.O=C1Cc2ccc(Nc3ncnc4sc5c(c34)CCC(C(=O)O)C5)cc2S1. The summed E-state index contributed by atoms with van der Waals surface area (Å²) in [5, 5.41) is 18.6. The molecule has 1 amide bonds. The zero-order chi connectivity index (χ0) is 41.1. The van der Waals surface area contributed by atoms with Gasteiger partial charge in [-0.15, -0.1) is 22.7 Å². The number of aliphatic carboxylic acids is 1. The molecule has 6 aromatic rings. The highest BCUT2D eigenvalue weighted by molar-refractivity contribution is 8.14. The number of nitrogens with one attached hydrogen (secondary N) is 2. The van der Waals surface area contributed by atoms with E-state index in [-0.39, 0.29) is 22.1 Å². The average Bonchev–Trinajstić information content (AvgIpc) is 4.01. The van der Waals surface area contributed by atoms with E-state index in [0.717, 1.165) is 121 Å². The lowest BCUT2D eigenvalue weighted by molar-refractivity contribution is -0.142. The lowest BCUT2D eigenvalue weighted by atomic mass is 9.86. The molecule has 11 rings (SSSR count). The predicted molar refractivity (Wildman–Crippen MR) is 236 cm³/mol. The van der Waals surface area contributed by atoms with Gasteiger partial charge in [0.2, 0.25) is 5.91 Å². The Morgan fingerprint density at radius 2 is 1.20 bits per heavy atom. The second kappa shape index (κ2) is 16.2. The Kier molecular flexibility index (Phi) is 10.6. The number of thioether (sulfide) groups is 2. The Bertz CT molecular complexity index is 2740. The summed E-state index contributed by atoms with van der Waals surface area (Å²) in [4.78, 5) is 76.4. The van der Waals surface area contributed by atoms with Crippen LogP contribution in [0.5, 0.6) is 0 Å². The van der Waals surface area contributed by atoms with Crippen molar-refractivity contribution in [2.45, 2.75) is 61.2 Å². The number of hydrogen-bond acceptors (Lipinski definition) is 15. The monoisotopic (exact) mass is 876 g/mol. The normalized spacial score (nSPS) is 19.6. The zero-order valence-corrected chi connectivity index (χ0v) is 35.9. The van der Waals surface area contributed by atoms with Crippen molar-refractivity contribution in [1.82, 2.24) is 29.7 Å². The summed E-state index contributed by atoms with van der Waals surface area (Å²) in [6.45, 7) is 3.56. The number of hydrogen-bond donors (Lipinski definition) is 3. The molecular formula is C43H40N8O5S4. The van der Waals surface area contributed by atoms with Crippen LogP contribution in [0.1, 0.15) is 44.8 Å². The quantitative estimate of drug-likeness (QED) is 0.152. The molecule has 60 heavy (non-hydrogen) atoms. The summed E-state index contributed by atoms with van der Waals surface area (Å²) in [5.41, 5.74) is 6.42. The van der Waals surface area contributed by atoms with Gasteiger partial charge in [-0.25, -0.2) is 19.9 Å². The van der Waals surface area contributed by atoms with Crippen molar-refractivity contribution in [2.24, 2.45) is 11.8 Å². The Hall–Kier alpha value is -4.94. The Morgan fingerprint density at radius 1 is 0.700 bits per heavy atom. The van der Waals surface area contributed by atoms with Gasteiger partial charge >= 0.3 is 5.97 Å². The molecule has 2 aromatic carbocycles. The van der Waals surface area contributed by atoms with E-state index >= 15 is 0 Å². The van der Waals surface area contributed by atoms with Gasteiger partial charge in [0.25, 0.3) is 0 Å². The summed E-state index contributed by atoms with van der Waals surface area (Å²) < 4.78 is 0. The molecule has 17 heteroatoms. The smallest absolute Gasteiger partial charge is 0.306 e. The fourth-order valence-corrected chi connectivity index (χ4v) is 13.2. The van der Waals surface area contributed by atoms with Crippen molar-refractivity contribution < 1.29 is 24.3 Å². The third kappa shape index (κ3) is 7.66. The summed E-state index contributed by atoms with van der Waals surface area (Å²) in [6, 6.07) is 12.0. The van der Waals surface area contributed by atoms with Crippen LogP contribution < -0.4 is 10.6 Å². The van der Waals surface area contributed by atoms with E-state index < -0.39 is 5.97 Å². The molecule has 2 aliphatic carbocycles. The standard InChI is InChI=1S/C24H25N5O2S2.C19H15N3O3S2/c1-28-6-8-29(9-7-28)24(31)15-3-5-17-19(10-15)33-23-21(17)22(25-13-26-23)27-16-4-2-14-11-20(30)32-18(14)12-16;23-15-6-9-1-3-11(7-13(9)26-15)22-17-16-12-4-2-10(19(24)25)5-14(12)27-18(16)21-8-20-17/h2,4,12-13,15H,3,5-11H2,1H3,(H,25,26,27);1,3,7-8,10H,2,4-6H2,(H,24,25)(H,20,21,22). The number of thiophene rings is 2. The van der Waals surface area contributed by atoms with Crippen molar-refractivity contribution in [1.29, 1.82) is 0 Å². The van der Waals surface area contributed by atoms with E-state index in [9.17, 15) is 24.3 Å². The van der Waals surface area contributed by atoms with Crippen molar-refractivity contribution in [3.05, 3.63) is 81.1 Å². The molecule has 1 fully saturated rings. The summed E-state index contributed by atoms with van der Waals surface area (Å²) in [6.07, 6.45) is 8.58. The average molecular weight is 877 g/mol. The highest BCUT2D eigenvalue weighted by Gasteiger charge is 2.33. The number of amides is 1. The molecule has 13 nitrogen and oxygen atoms in total. The molecule has 2 unspecified atom stereocenters. The number of benzene rings is 2. The lowest BCUT2D eigenvalue weighted by Crippen LogP contribution is -2.49. The summed E-state index contributed by atoms with van der Waals surface area (Å²) >= 11 is 5.85. The maximum absolute atomic E-state index is 13.2. The van der Waals surface area contributed by atoms with Gasteiger partial charge in [0, 0.05) is 75.9 Å². The molecule has 3 aliphatic heterocycles. The van der Waals surface area contributed by atoms with E-state index in [4.69, 9.17) is 0 Å². The number of carbonyl (C=O) groups excluding carboxylic acids is 3. The van der Waals surface area contributed by atoms with Gasteiger partial charge in [0.05, 0.1) is 16.7 Å². The van der Waals surface area contributed by atoms with Crippen molar-refractivity contribution in [3.8, 4) is 0 Å². The molecule has 5 aliphatic rings. The van der Waals surface area contributed by atoms with Crippen LogP contribution in [0.3, 0.4) is 0 Å². The highest BCUT2D eigenvalue weighted by atomic mass is 32.2. The summed E-state index contributed by atoms with van der Waals surface area (Å²) in [7, 11) is 2.11. The van der Waals surface area contributed by atoms with Crippen LogP contribution in [0.2, 0.25) is 0 Å². The minimum Gasteiger partial charge on any atom is -0.481 e. The maximum atomic E-state index is 13.2. The first-order chi connectivity index (χ1) is 29.1. The number of rotatable bonds is 6. The van der Waals surface area contributed by atoms with Crippen molar-refractivity contribution in [2.75, 3.05) is 43.9 Å². The second-order valence-corrected chi connectivity index (χ2v) is 20.2. The largest absolute Gasteiger partial charge is 0.481 e. The molecule has 4 aromatic heterocycles. The van der Waals surface area contributed by atoms with Crippen LogP contribution in [-0.4, -0.2) is 90.2 Å². The summed E-state index contributed by atoms with van der Waals surface area (Å²) in [5.74, 6) is 0.857. The number of nitrogens with zero attached hydrogens (tertiary/aromatic N) is 6. The number of carbonyl (C=O) groups is 4. The molecule has 0 saturated carbocycles. The first-order valence-corrected chi connectivity index (χ1v) is 23.3. The molecular weight excluding hydrogens is 837 g/mol. The van der Waals surface area contributed by atoms with Gasteiger partial charge in [-0.1, -0.05) is 35.7 Å². The van der Waals surface area contributed by atoms with Gasteiger partial charge in [-0.3, -0.25) is 19.2 Å². The number of anilines is 4. The minimum absolute atomic E-state index is 0.0598. The highest BCUT2D eigenvalue weighted by Crippen LogP contribution is 2.43. The third-order valence-corrected chi connectivity index (χ3v) is 16.2. The number of carboxylic acid groups (broad SMARTS) is 1. The van der Waals surface area contributed by atoms with E-state index in [0.29, 0.717) is 31.6 Å². The van der Waals surface area contributed by atoms with E-state index in [2.05, 4.69) is 42.5 Å². The van der Waals surface area contributed by atoms with Crippen LogP contribution in [0, 0.1) is 11.8 Å². The Balaban J connectivity index is 0.000000147. The molecule has 2 atom stereocenters. The molecule has 1 saturated heterocycles. The fraction of sp³-hybridized carbons (Fsp3) is 0.349. The number of aromatic nitrogens is 4. The Labute approximate surface area is 361 Å². The van der Waals surface area contributed by atoms with Gasteiger partial charge in [0.1, 0.15) is 34.0 Å². The molecule has 3 N–H and O–H groups in total. The number of aryl methyl sites for hydroxylation is 2. The molecule has 0 spiro atoms. The third-order valence-electron chi connectivity index (χ3n) is 12.0. The minimum atomic E-state index is -0.729. The second-order valence-electron chi connectivity index (χ2n) is 15.9. The number of likely N-dealkylation sites (N-methyl/N-ethyl adjacent to an activating group) is 1. The van der Waals surface area contributed by atoms with Crippen LogP contribution in [-0.2, 0) is 57.7 Å². The van der Waals surface area contributed by atoms with E-state index in [1.165, 1.54) is 45.9 Å².